The number of hydrogen-bond acceptors (Lipinski definition) is 1. The molecule has 1 heteroatoms. The van der Waals surface area contributed by atoms with E-state index in [4.69, 9.17) is 0 Å². The average molecular weight is 238 g/mol. The molecule has 0 aromatic heterocycles. The van der Waals surface area contributed by atoms with Gasteiger partial charge in [-0.25, -0.2) is 0 Å². The molecule has 0 fully saturated rings. The lowest BCUT2D eigenvalue weighted by Crippen LogP contribution is -1.86. The Morgan fingerprint density at radius 1 is 0.706 bits per heavy atom. The highest BCUT2D eigenvalue weighted by molar-refractivity contribution is 8.03. The third-order valence-corrected chi connectivity index (χ3v) is 4.49. The summed E-state index contributed by atoms with van der Waals surface area (Å²) in [6.07, 6.45) is 0. The van der Waals surface area contributed by atoms with Gasteiger partial charge in [-0.05, 0) is 47.1 Å². The molecule has 0 atom stereocenters. The van der Waals surface area contributed by atoms with E-state index in [1.165, 1.54) is 32.1 Å². The molecule has 0 saturated carbocycles. The fourth-order valence-electron chi connectivity index (χ4n) is 2.25. The minimum Gasteiger partial charge on any atom is -0.0939 e. The first-order chi connectivity index (χ1) is 8.27. The number of rotatable bonds is 0. The molecule has 1 heterocycles. The molecule has 0 radical (unpaired) electrons. The molecule has 0 N–H and O–H groups in total. The van der Waals surface area contributed by atoms with Crippen LogP contribution in [0, 0.1) is 0 Å². The third-order valence-electron chi connectivity index (χ3n) is 3.30. The van der Waals surface area contributed by atoms with Gasteiger partial charge in [-0.2, -0.15) is 0 Å². The number of fused-ring (bicyclic) bond motifs is 3. The zero-order valence-corrected chi connectivity index (χ0v) is 10.8. The summed E-state index contributed by atoms with van der Waals surface area (Å²) in [4.78, 5) is 2.75. The monoisotopic (exact) mass is 238 g/mol. The molecule has 0 amide bonds. The Kier molecular flexibility index (Phi) is 2.56. The van der Waals surface area contributed by atoms with Crippen LogP contribution >= 0.6 is 11.8 Å². The quantitative estimate of drug-likeness (QED) is 0.607. The van der Waals surface area contributed by atoms with Crippen molar-refractivity contribution in [2.24, 2.45) is 0 Å². The first-order valence-corrected chi connectivity index (χ1v) is 6.63. The Labute approximate surface area is 106 Å². The van der Waals surface area contributed by atoms with Gasteiger partial charge in [-0.1, -0.05) is 54.2 Å². The van der Waals surface area contributed by atoms with E-state index >= 15 is 0 Å². The third kappa shape index (κ3) is 1.71. The Balaban J connectivity index is 2.38. The number of hydrogen-bond donors (Lipinski definition) is 0. The summed E-state index contributed by atoms with van der Waals surface area (Å²) in [5.74, 6) is 0. The summed E-state index contributed by atoms with van der Waals surface area (Å²) >= 11 is 1.88. The first-order valence-electron chi connectivity index (χ1n) is 5.81. The molecule has 17 heavy (non-hydrogen) atoms. The van der Waals surface area contributed by atoms with E-state index in [0.29, 0.717) is 0 Å². The van der Waals surface area contributed by atoms with Crippen LogP contribution in [0.2, 0.25) is 0 Å². The Hall–Kier alpha value is -1.47. The maximum Gasteiger partial charge on any atom is 0.0197 e. The van der Waals surface area contributed by atoms with Crippen LogP contribution < -0.4 is 0 Å². The van der Waals surface area contributed by atoms with E-state index in [1.807, 2.05) is 11.8 Å². The summed E-state index contributed by atoms with van der Waals surface area (Å²) in [6.45, 7) is 4.42. The summed E-state index contributed by atoms with van der Waals surface area (Å²) in [5, 5.41) is 0. The van der Waals surface area contributed by atoms with Gasteiger partial charge in [0.25, 0.3) is 0 Å². The Bertz CT molecular complexity index is 608. The molecule has 2 aromatic carbocycles. The summed E-state index contributed by atoms with van der Waals surface area (Å²) in [6, 6.07) is 17.3. The maximum atomic E-state index is 2.22. The van der Waals surface area contributed by atoms with Crippen molar-refractivity contribution < 1.29 is 0 Å². The predicted molar refractivity (Wildman–Crippen MR) is 76.0 cm³/mol. The van der Waals surface area contributed by atoms with Crippen LogP contribution in [0.15, 0.2) is 58.3 Å². The van der Waals surface area contributed by atoms with E-state index in [0.717, 1.165) is 0 Å². The van der Waals surface area contributed by atoms with Crippen molar-refractivity contribution in [2.75, 3.05) is 0 Å². The molecule has 3 rings (SSSR count). The van der Waals surface area contributed by atoms with Crippen LogP contribution in [0.1, 0.15) is 19.4 Å². The van der Waals surface area contributed by atoms with Gasteiger partial charge >= 0.3 is 0 Å². The van der Waals surface area contributed by atoms with Crippen LogP contribution in [0.25, 0.3) is 16.7 Å². The second kappa shape index (κ2) is 4.08. The second-order valence-electron chi connectivity index (χ2n) is 4.32. The van der Waals surface area contributed by atoms with E-state index < -0.39 is 0 Å². The zero-order chi connectivity index (χ0) is 11.8. The lowest BCUT2D eigenvalue weighted by Gasteiger charge is -2.09. The largest absolute Gasteiger partial charge is 0.0939 e. The van der Waals surface area contributed by atoms with Gasteiger partial charge in [0, 0.05) is 4.90 Å². The molecule has 0 saturated heterocycles. The smallest absolute Gasteiger partial charge is 0.0197 e. The topological polar surface area (TPSA) is 0 Å². The highest BCUT2D eigenvalue weighted by atomic mass is 32.2. The highest BCUT2D eigenvalue weighted by Crippen LogP contribution is 2.44. The van der Waals surface area contributed by atoms with Gasteiger partial charge in [0.15, 0.2) is 0 Å². The van der Waals surface area contributed by atoms with E-state index in [1.54, 1.807) is 0 Å². The molecule has 2 aromatic rings. The van der Waals surface area contributed by atoms with Crippen LogP contribution in [-0.4, -0.2) is 0 Å². The minimum absolute atomic E-state index is 1.35. The summed E-state index contributed by atoms with van der Waals surface area (Å²) in [7, 11) is 0. The average Bonchev–Trinajstić information content (AvgIpc) is 2.48. The molecule has 1 aliphatic rings. The minimum atomic E-state index is 1.35. The number of benzene rings is 2. The van der Waals surface area contributed by atoms with Crippen molar-refractivity contribution >= 4 is 17.3 Å². The van der Waals surface area contributed by atoms with E-state index in [9.17, 15) is 0 Å². The standard InChI is InChI=1S/C16H14S/c1-11-12(2)17-16-10-6-5-9-15(16)14-8-4-3-7-13(11)14/h3-10H,1-2H3. The molecule has 0 bridgehead atoms. The fraction of sp³-hybridized carbons (Fsp3) is 0.125. The molecule has 0 spiro atoms. The van der Waals surface area contributed by atoms with Gasteiger partial charge in [-0.3, -0.25) is 0 Å². The predicted octanol–water partition coefficient (Wildman–Crippen LogP) is 5.21. The van der Waals surface area contributed by atoms with Gasteiger partial charge < -0.3 is 0 Å². The SMILES string of the molecule is CC1=C(C)c2ccccc2-c2ccccc2S1. The molecule has 0 nitrogen and oxygen atoms in total. The lowest BCUT2D eigenvalue weighted by atomic mass is 9.95. The summed E-state index contributed by atoms with van der Waals surface area (Å²) in [5.41, 5.74) is 5.46. The highest BCUT2D eigenvalue weighted by Gasteiger charge is 2.16. The molecule has 84 valence electrons. The first kappa shape index (κ1) is 10.7. The van der Waals surface area contributed by atoms with Gasteiger partial charge in [0.2, 0.25) is 0 Å². The van der Waals surface area contributed by atoms with Gasteiger partial charge in [0.1, 0.15) is 0 Å². The van der Waals surface area contributed by atoms with Crippen molar-refractivity contribution in [2.45, 2.75) is 18.7 Å². The van der Waals surface area contributed by atoms with Crippen molar-refractivity contribution in [3.63, 3.8) is 0 Å². The number of thioether (sulfide) groups is 1. The number of allylic oxidation sites excluding steroid dienone is 2. The molecule has 0 unspecified atom stereocenters. The summed E-state index contributed by atoms with van der Waals surface area (Å²) < 4.78 is 0. The maximum absolute atomic E-state index is 2.22. The van der Waals surface area contributed by atoms with Crippen LogP contribution in [0.3, 0.4) is 0 Å². The van der Waals surface area contributed by atoms with Crippen molar-refractivity contribution in [1.29, 1.82) is 0 Å². The van der Waals surface area contributed by atoms with Crippen molar-refractivity contribution in [3.05, 3.63) is 59.0 Å². The van der Waals surface area contributed by atoms with Crippen LogP contribution in [0.5, 0.6) is 0 Å². The fourth-order valence-corrected chi connectivity index (χ4v) is 3.28. The normalized spacial score (nSPS) is 14.0. The van der Waals surface area contributed by atoms with Crippen LogP contribution in [-0.2, 0) is 0 Å². The van der Waals surface area contributed by atoms with Crippen molar-refractivity contribution in [3.8, 4) is 11.1 Å². The molecular formula is C16H14S. The van der Waals surface area contributed by atoms with E-state index in [-0.39, 0.29) is 0 Å². The Morgan fingerprint density at radius 3 is 2.06 bits per heavy atom. The Morgan fingerprint density at radius 2 is 1.29 bits per heavy atom. The zero-order valence-electron chi connectivity index (χ0n) is 10.0. The molecule has 1 aliphatic heterocycles. The van der Waals surface area contributed by atoms with Crippen molar-refractivity contribution in [1.82, 2.24) is 0 Å². The molecular weight excluding hydrogens is 224 g/mol. The lowest BCUT2D eigenvalue weighted by molar-refractivity contribution is 1.44. The van der Waals surface area contributed by atoms with Gasteiger partial charge in [0.05, 0.1) is 0 Å². The molecule has 0 aliphatic carbocycles. The van der Waals surface area contributed by atoms with Gasteiger partial charge in [-0.15, -0.1) is 0 Å². The second-order valence-corrected chi connectivity index (χ2v) is 5.58. The van der Waals surface area contributed by atoms with Crippen LogP contribution in [0.4, 0.5) is 0 Å². The van der Waals surface area contributed by atoms with E-state index in [2.05, 4.69) is 62.4 Å².